The number of hydrogen-bond acceptors (Lipinski definition) is 5. The molecule has 0 radical (unpaired) electrons. The number of fused-ring (bicyclic) bond motifs is 2. The van der Waals surface area contributed by atoms with Crippen LogP contribution in [0.5, 0.6) is 0 Å². The average molecular weight is 362 g/mol. The van der Waals surface area contributed by atoms with Gasteiger partial charge in [-0.05, 0) is 49.1 Å². The normalized spacial score (nSPS) is 23.7. The second kappa shape index (κ2) is 8.38. The van der Waals surface area contributed by atoms with Gasteiger partial charge >= 0.3 is 5.97 Å². The number of amides is 2. The molecular formula is C19H26N2O5. The van der Waals surface area contributed by atoms with E-state index < -0.39 is 0 Å². The molecule has 2 aliphatic carbocycles. The van der Waals surface area contributed by atoms with Crippen LogP contribution in [0.1, 0.15) is 37.9 Å². The van der Waals surface area contributed by atoms with Crippen molar-refractivity contribution in [2.45, 2.75) is 38.6 Å². The van der Waals surface area contributed by atoms with Gasteiger partial charge in [0.05, 0.1) is 19.4 Å². The average Bonchev–Trinajstić information content (AvgIpc) is 3.35. The van der Waals surface area contributed by atoms with Crippen molar-refractivity contribution >= 4 is 17.8 Å². The van der Waals surface area contributed by atoms with E-state index >= 15 is 0 Å². The molecular weight excluding hydrogens is 336 g/mol. The predicted molar refractivity (Wildman–Crippen MR) is 92.7 cm³/mol. The van der Waals surface area contributed by atoms with Gasteiger partial charge in [-0.15, -0.1) is 0 Å². The van der Waals surface area contributed by atoms with Crippen molar-refractivity contribution in [3.8, 4) is 0 Å². The van der Waals surface area contributed by atoms with Crippen LogP contribution in [0.2, 0.25) is 0 Å². The molecule has 2 fully saturated rings. The standard InChI is InChI=1S/C19H26N2O5/c1-21(11-17(22)20-10-16-3-2-6-25-16)18(23)12-26-19(24)9-15-8-13-4-5-14(15)7-13/h2-3,6,13-15H,4-5,7-12H2,1H3,(H,20,22)/t13-,14+,15+/m0/s1. The summed E-state index contributed by atoms with van der Waals surface area (Å²) in [5, 5.41) is 2.67. The third-order valence-corrected chi connectivity index (χ3v) is 5.52. The number of carbonyl (C=O) groups is 3. The lowest BCUT2D eigenvalue weighted by atomic mass is 9.86. The van der Waals surface area contributed by atoms with Crippen molar-refractivity contribution in [3.05, 3.63) is 24.2 Å². The van der Waals surface area contributed by atoms with Gasteiger partial charge < -0.3 is 19.4 Å². The van der Waals surface area contributed by atoms with Crippen molar-refractivity contribution in [2.75, 3.05) is 20.2 Å². The molecule has 2 bridgehead atoms. The molecule has 1 N–H and O–H groups in total. The molecule has 26 heavy (non-hydrogen) atoms. The summed E-state index contributed by atoms with van der Waals surface area (Å²) in [4.78, 5) is 37.1. The number of nitrogens with zero attached hydrogens (tertiary/aromatic N) is 1. The summed E-state index contributed by atoms with van der Waals surface area (Å²) in [6.07, 6.45) is 6.80. The van der Waals surface area contributed by atoms with Gasteiger partial charge in [0, 0.05) is 13.5 Å². The van der Waals surface area contributed by atoms with Crippen molar-refractivity contribution in [3.63, 3.8) is 0 Å². The number of furan rings is 1. The van der Waals surface area contributed by atoms with Crippen molar-refractivity contribution in [2.24, 2.45) is 17.8 Å². The highest BCUT2D eigenvalue weighted by Gasteiger charge is 2.40. The molecule has 2 aliphatic rings. The minimum Gasteiger partial charge on any atom is -0.467 e. The zero-order chi connectivity index (χ0) is 18.5. The van der Waals surface area contributed by atoms with Gasteiger partial charge in [-0.2, -0.15) is 0 Å². The Morgan fingerprint density at radius 3 is 2.81 bits per heavy atom. The van der Waals surface area contributed by atoms with Crippen LogP contribution in [-0.2, 0) is 25.7 Å². The van der Waals surface area contributed by atoms with Crippen LogP contribution < -0.4 is 5.32 Å². The summed E-state index contributed by atoms with van der Waals surface area (Å²) < 4.78 is 10.2. The third-order valence-electron chi connectivity index (χ3n) is 5.52. The second-order valence-corrected chi connectivity index (χ2v) is 7.41. The van der Waals surface area contributed by atoms with Crippen molar-refractivity contribution in [1.82, 2.24) is 10.2 Å². The fourth-order valence-electron chi connectivity index (χ4n) is 4.11. The van der Waals surface area contributed by atoms with Crippen molar-refractivity contribution < 1.29 is 23.5 Å². The van der Waals surface area contributed by atoms with Crippen LogP contribution in [0.3, 0.4) is 0 Å². The number of likely N-dealkylation sites (N-methyl/N-ethyl adjacent to an activating group) is 1. The topological polar surface area (TPSA) is 88.8 Å². The van der Waals surface area contributed by atoms with Gasteiger partial charge in [-0.25, -0.2) is 0 Å². The first-order valence-electron chi connectivity index (χ1n) is 9.20. The molecule has 1 aromatic heterocycles. The van der Waals surface area contributed by atoms with Crippen LogP contribution in [0, 0.1) is 17.8 Å². The molecule has 3 atom stereocenters. The van der Waals surface area contributed by atoms with E-state index in [4.69, 9.17) is 9.15 Å². The third kappa shape index (κ3) is 4.86. The molecule has 2 saturated carbocycles. The first-order chi connectivity index (χ1) is 12.5. The maximum atomic E-state index is 12.0. The maximum absolute atomic E-state index is 12.0. The highest BCUT2D eigenvalue weighted by Crippen LogP contribution is 2.49. The quantitative estimate of drug-likeness (QED) is 0.712. The van der Waals surface area contributed by atoms with Gasteiger partial charge in [0.25, 0.3) is 5.91 Å². The minimum absolute atomic E-state index is 0.0938. The molecule has 7 nitrogen and oxygen atoms in total. The Morgan fingerprint density at radius 2 is 2.15 bits per heavy atom. The van der Waals surface area contributed by atoms with E-state index in [2.05, 4.69) is 5.32 Å². The van der Waals surface area contributed by atoms with Gasteiger partial charge in [-0.1, -0.05) is 6.42 Å². The summed E-state index contributed by atoms with van der Waals surface area (Å²) in [7, 11) is 1.51. The van der Waals surface area contributed by atoms with E-state index in [0.29, 0.717) is 24.0 Å². The Kier molecular flexibility index (Phi) is 5.96. The van der Waals surface area contributed by atoms with Crippen LogP contribution in [0.15, 0.2) is 22.8 Å². The van der Waals surface area contributed by atoms with Gasteiger partial charge in [0.15, 0.2) is 6.61 Å². The molecule has 1 heterocycles. The summed E-state index contributed by atoms with van der Waals surface area (Å²) in [5.74, 6) is 1.49. The van der Waals surface area contributed by atoms with Crippen LogP contribution >= 0.6 is 0 Å². The number of esters is 1. The van der Waals surface area contributed by atoms with Gasteiger partial charge in [0.2, 0.25) is 5.91 Å². The van der Waals surface area contributed by atoms with Crippen LogP contribution in [-0.4, -0.2) is 42.9 Å². The Labute approximate surface area is 153 Å². The summed E-state index contributed by atoms with van der Waals surface area (Å²) in [6.45, 7) is -0.141. The van der Waals surface area contributed by atoms with Gasteiger partial charge in [-0.3, -0.25) is 14.4 Å². The monoisotopic (exact) mass is 362 g/mol. The molecule has 142 valence electrons. The largest absolute Gasteiger partial charge is 0.467 e. The summed E-state index contributed by atoms with van der Waals surface area (Å²) in [6, 6.07) is 3.49. The number of carbonyl (C=O) groups excluding carboxylic acids is 3. The molecule has 0 unspecified atom stereocenters. The number of nitrogens with one attached hydrogen (secondary N) is 1. The smallest absolute Gasteiger partial charge is 0.306 e. The Balaban J connectivity index is 1.31. The van der Waals surface area contributed by atoms with E-state index in [1.807, 2.05) is 0 Å². The zero-order valence-corrected chi connectivity index (χ0v) is 15.1. The lowest BCUT2D eigenvalue weighted by Gasteiger charge is -2.21. The van der Waals surface area contributed by atoms with Crippen LogP contribution in [0.25, 0.3) is 0 Å². The SMILES string of the molecule is CN(CC(=O)NCc1ccco1)C(=O)COC(=O)C[C@H]1C[C@H]2CC[C@@H]1C2. The predicted octanol–water partition coefficient (Wildman–Crippen LogP) is 1.72. The first kappa shape index (κ1) is 18.5. The maximum Gasteiger partial charge on any atom is 0.306 e. The summed E-state index contributed by atoms with van der Waals surface area (Å²) >= 11 is 0. The van der Waals surface area contributed by atoms with E-state index in [0.717, 1.165) is 12.3 Å². The first-order valence-corrected chi connectivity index (χ1v) is 9.20. The zero-order valence-electron chi connectivity index (χ0n) is 15.1. The Morgan fingerprint density at radius 1 is 1.31 bits per heavy atom. The number of rotatable bonds is 8. The van der Waals surface area contributed by atoms with Gasteiger partial charge in [0.1, 0.15) is 5.76 Å². The minimum atomic E-state index is -0.389. The van der Waals surface area contributed by atoms with Crippen LogP contribution in [0.4, 0.5) is 0 Å². The van der Waals surface area contributed by atoms with Crippen molar-refractivity contribution in [1.29, 1.82) is 0 Å². The number of ether oxygens (including phenoxy) is 1. The Hall–Kier alpha value is -2.31. The number of hydrogen-bond donors (Lipinski definition) is 1. The van der Waals surface area contributed by atoms with E-state index in [9.17, 15) is 14.4 Å². The molecule has 1 aromatic rings. The lowest BCUT2D eigenvalue weighted by Crippen LogP contribution is -2.40. The molecule has 0 spiro atoms. The van der Waals surface area contributed by atoms with E-state index in [1.54, 1.807) is 12.1 Å². The lowest BCUT2D eigenvalue weighted by molar-refractivity contribution is -0.153. The molecule has 0 aliphatic heterocycles. The molecule has 0 aromatic carbocycles. The highest BCUT2D eigenvalue weighted by atomic mass is 16.5. The molecule has 7 heteroatoms. The second-order valence-electron chi connectivity index (χ2n) is 7.41. The molecule has 0 saturated heterocycles. The highest BCUT2D eigenvalue weighted by molar-refractivity contribution is 5.86. The molecule has 2 amide bonds. The fraction of sp³-hybridized carbons (Fsp3) is 0.632. The van der Waals surface area contributed by atoms with E-state index in [1.165, 1.54) is 37.5 Å². The summed E-state index contributed by atoms with van der Waals surface area (Å²) in [5.41, 5.74) is 0. The van der Waals surface area contributed by atoms with E-state index in [-0.39, 0.29) is 37.5 Å². The fourth-order valence-corrected chi connectivity index (χ4v) is 4.11. The molecule has 3 rings (SSSR count). The Bertz CT molecular complexity index is 642.